The molecule has 6 heteroatoms. The SMILES string of the molecule is Cc1ccc(S(=O)(=O)N(C)Cc2cccc(Cl)c2)c(Br)c1. The van der Waals surface area contributed by atoms with E-state index >= 15 is 0 Å². The highest BCUT2D eigenvalue weighted by Gasteiger charge is 2.23. The van der Waals surface area contributed by atoms with Gasteiger partial charge in [-0.15, -0.1) is 0 Å². The zero-order valence-electron chi connectivity index (χ0n) is 11.7. The van der Waals surface area contributed by atoms with Gasteiger partial charge in [-0.1, -0.05) is 29.8 Å². The summed E-state index contributed by atoms with van der Waals surface area (Å²) >= 11 is 9.25. The van der Waals surface area contributed by atoms with Crippen molar-refractivity contribution in [2.24, 2.45) is 0 Å². The first-order chi connectivity index (χ1) is 9.80. The smallest absolute Gasteiger partial charge is 0.207 e. The average Bonchev–Trinajstić information content (AvgIpc) is 2.38. The molecule has 0 aliphatic heterocycles. The number of hydrogen-bond acceptors (Lipinski definition) is 2. The Labute approximate surface area is 138 Å². The fourth-order valence-corrected chi connectivity index (χ4v) is 4.48. The third kappa shape index (κ3) is 3.86. The van der Waals surface area contributed by atoms with Gasteiger partial charge in [0.2, 0.25) is 10.0 Å². The van der Waals surface area contributed by atoms with Gasteiger partial charge in [-0.05, 0) is 58.2 Å². The summed E-state index contributed by atoms with van der Waals surface area (Å²) in [7, 11) is -2.00. The number of aryl methyl sites for hydroxylation is 1. The van der Waals surface area contributed by atoms with Gasteiger partial charge in [0.1, 0.15) is 0 Å². The Kier molecular flexibility index (Phi) is 5.09. The summed E-state index contributed by atoms with van der Waals surface area (Å²) < 4.78 is 27.1. The van der Waals surface area contributed by atoms with Gasteiger partial charge in [0.15, 0.2) is 0 Å². The molecule has 0 saturated heterocycles. The maximum Gasteiger partial charge on any atom is 0.244 e. The van der Waals surface area contributed by atoms with Gasteiger partial charge in [0, 0.05) is 23.1 Å². The topological polar surface area (TPSA) is 37.4 Å². The van der Waals surface area contributed by atoms with Crippen LogP contribution in [0.1, 0.15) is 11.1 Å². The van der Waals surface area contributed by atoms with Gasteiger partial charge >= 0.3 is 0 Å². The fourth-order valence-electron chi connectivity index (χ4n) is 1.96. The quantitative estimate of drug-likeness (QED) is 0.786. The summed E-state index contributed by atoms with van der Waals surface area (Å²) in [6.45, 7) is 2.18. The first kappa shape index (κ1) is 16.5. The van der Waals surface area contributed by atoms with Crippen molar-refractivity contribution in [1.29, 1.82) is 0 Å². The molecule has 0 atom stereocenters. The monoisotopic (exact) mass is 387 g/mol. The van der Waals surface area contributed by atoms with E-state index in [-0.39, 0.29) is 11.4 Å². The van der Waals surface area contributed by atoms with Crippen LogP contribution in [0.3, 0.4) is 0 Å². The van der Waals surface area contributed by atoms with Crippen LogP contribution in [0.2, 0.25) is 5.02 Å². The van der Waals surface area contributed by atoms with Gasteiger partial charge in [0.05, 0.1) is 4.90 Å². The Morgan fingerprint density at radius 3 is 2.52 bits per heavy atom. The van der Waals surface area contributed by atoms with Crippen LogP contribution in [-0.4, -0.2) is 19.8 Å². The van der Waals surface area contributed by atoms with Crippen LogP contribution >= 0.6 is 27.5 Å². The Balaban J connectivity index is 2.30. The average molecular weight is 389 g/mol. The molecule has 0 aliphatic rings. The minimum Gasteiger partial charge on any atom is -0.207 e. The number of hydrogen-bond donors (Lipinski definition) is 0. The Morgan fingerprint density at radius 1 is 1.19 bits per heavy atom. The van der Waals surface area contributed by atoms with Crippen LogP contribution in [0.15, 0.2) is 51.8 Å². The third-order valence-electron chi connectivity index (χ3n) is 3.07. The van der Waals surface area contributed by atoms with Gasteiger partial charge in [0.25, 0.3) is 0 Å². The van der Waals surface area contributed by atoms with Crippen LogP contribution in [0, 0.1) is 6.92 Å². The number of nitrogens with zero attached hydrogens (tertiary/aromatic N) is 1. The summed E-state index contributed by atoms with van der Waals surface area (Å²) in [6.07, 6.45) is 0. The molecular weight excluding hydrogens is 374 g/mol. The van der Waals surface area contributed by atoms with Crippen molar-refractivity contribution in [3.8, 4) is 0 Å². The van der Waals surface area contributed by atoms with E-state index in [1.165, 1.54) is 4.31 Å². The van der Waals surface area contributed by atoms with E-state index in [4.69, 9.17) is 11.6 Å². The number of halogens is 2. The Morgan fingerprint density at radius 2 is 1.90 bits per heavy atom. The van der Waals surface area contributed by atoms with Crippen LogP contribution in [0.4, 0.5) is 0 Å². The molecule has 0 spiro atoms. The molecular formula is C15H15BrClNO2S. The van der Waals surface area contributed by atoms with Crippen molar-refractivity contribution in [1.82, 2.24) is 4.31 Å². The fraction of sp³-hybridized carbons (Fsp3) is 0.200. The van der Waals surface area contributed by atoms with Crippen molar-refractivity contribution >= 4 is 37.6 Å². The highest BCUT2D eigenvalue weighted by atomic mass is 79.9. The van der Waals surface area contributed by atoms with Crippen molar-refractivity contribution in [2.45, 2.75) is 18.4 Å². The van der Waals surface area contributed by atoms with E-state index in [2.05, 4.69) is 15.9 Å². The Bertz CT molecular complexity index is 762. The molecule has 0 aliphatic carbocycles. The van der Waals surface area contributed by atoms with Gasteiger partial charge in [-0.25, -0.2) is 8.42 Å². The lowest BCUT2D eigenvalue weighted by Gasteiger charge is -2.18. The summed E-state index contributed by atoms with van der Waals surface area (Å²) in [5.41, 5.74) is 1.84. The predicted octanol–water partition coefficient (Wildman–Crippen LogP) is 4.23. The van der Waals surface area contributed by atoms with Gasteiger partial charge in [-0.3, -0.25) is 0 Å². The number of rotatable bonds is 4. The first-order valence-corrected chi connectivity index (χ1v) is 8.89. The lowest BCUT2D eigenvalue weighted by atomic mass is 10.2. The summed E-state index contributed by atoms with van der Waals surface area (Å²) in [6, 6.07) is 12.4. The molecule has 0 amide bonds. The molecule has 0 bridgehead atoms. The van der Waals surface area contributed by atoms with Crippen LogP contribution in [-0.2, 0) is 16.6 Å². The summed E-state index contributed by atoms with van der Waals surface area (Å²) in [5.74, 6) is 0. The van der Waals surface area contributed by atoms with E-state index < -0.39 is 10.0 Å². The highest BCUT2D eigenvalue weighted by molar-refractivity contribution is 9.10. The van der Waals surface area contributed by atoms with E-state index in [0.29, 0.717) is 9.50 Å². The molecule has 0 unspecified atom stereocenters. The molecule has 0 heterocycles. The van der Waals surface area contributed by atoms with Crippen molar-refractivity contribution in [3.05, 3.63) is 63.1 Å². The van der Waals surface area contributed by atoms with E-state index in [9.17, 15) is 8.42 Å². The van der Waals surface area contributed by atoms with Crippen molar-refractivity contribution in [3.63, 3.8) is 0 Å². The zero-order chi connectivity index (χ0) is 15.6. The predicted molar refractivity (Wildman–Crippen MR) is 89.0 cm³/mol. The lowest BCUT2D eigenvalue weighted by molar-refractivity contribution is 0.466. The van der Waals surface area contributed by atoms with Gasteiger partial charge < -0.3 is 0 Å². The molecule has 21 heavy (non-hydrogen) atoms. The molecule has 0 radical (unpaired) electrons. The molecule has 2 rings (SSSR count). The molecule has 0 fully saturated rings. The largest absolute Gasteiger partial charge is 0.244 e. The normalized spacial score (nSPS) is 11.9. The molecule has 3 nitrogen and oxygen atoms in total. The summed E-state index contributed by atoms with van der Waals surface area (Å²) in [4.78, 5) is 0.262. The molecule has 0 aromatic heterocycles. The zero-order valence-corrected chi connectivity index (χ0v) is 14.8. The minimum atomic E-state index is -3.55. The standard InChI is InChI=1S/C15H15BrClNO2S/c1-11-6-7-15(14(16)8-11)21(19,20)18(2)10-12-4-3-5-13(17)9-12/h3-9H,10H2,1-2H3. The second-order valence-corrected chi connectivity index (χ2v) is 8.13. The van der Waals surface area contributed by atoms with Crippen molar-refractivity contribution in [2.75, 3.05) is 7.05 Å². The van der Waals surface area contributed by atoms with Crippen LogP contribution in [0.25, 0.3) is 0 Å². The van der Waals surface area contributed by atoms with Crippen LogP contribution in [0.5, 0.6) is 0 Å². The number of benzene rings is 2. The maximum atomic E-state index is 12.6. The van der Waals surface area contributed by atoms with Gasteiger partial charge in [-0.2, -0.15) is 4.31 Å². The molecule has 2 aromatic rings. The van der Waals surface area contributed by atoms with E-state index in [1.807, 2.05) is 13.0 Å². The second-order valence-electron chi connectivity index (χ2n) is 4.82. The van der Waals surface area contributed by atoms with Crippen LogP contribution < -0.4 is 0 Å². The first-order valence-electron chi connectivity index (χ1n) is 6.27. The highest BCUT2D eigenvalue weighted by Crippen LogP contribution is 2.26. The van der Waals surface area contributed by atoms with Crippen molar-refractivity contribution < 1.29 is 8.42 Å². The minimum absolute atomic E-state index is 0.262. The molecule has 2 aromatic carbocycles. The Hall–Kier alpha value is -0.880. The molecule has 0 N–H and O–H groups in total. The van der Waals surface area contributed by atoms with E-state index in [1.54, 1.807) is 43.4 Å². The molecule has 112 valence electrons. The summed E-state index contributed by atoms with van der Waals surface area (Å²) in [5, 5.41) is 0.592. The third-order valence-corrected chi connectivity index (χ3v) is 6.09. The number of sulfonamides is 1. The lowest BCUT2D eigenvalue weighted by Crippen LogP contribution is -2.26. The maximum absolute atomic E-state index is 12.6. The van der Waals surface area contributed by atoms with E-state index in [0.717, 1.165) is 11.1 Å². The second kappa shape index (κ2) is 6.48. The molecule has 0 saturated carbocycles.